The molecular formula is C14H22N4O2S2. The number of primary amides is 1. The molecule has 8 heteroatoms. The van der Waals surface area contributed by atoms with Crippen LogP contribution < -0.4 is 11.1 Å². The number of amides is 2. The van der Waals surface area contributed by atoms with Crippen LogP contribution in [0.25, 0.3) is 0 Å². The second-order valence-electron chi connectivity index (χ2n) is 5.40. The monoisotopic (exact) mass is 342 g/mol. The Morgan fingerprint density at radius 1 is 1.50 bits per heavy atom. The van der Waals surface area contributed by atoms with E-state index < -0.39 is 0 Å². The normalized spacial score (nSPS) is 16.6. The highest BCUT2D eigenvalue weighted by Gasteiger charge is 2.24. The minimum atomic E-state index is -0.228. The highest BCUT2D eigenvalue weighted by molar-refractivity contribution is 7.97. The van der Waals surface area contributed by atoms with Gasteiger partial charge in [-0.25, -0.2) is 4.98 Å². The number of nitrogens with two attached hydrogens (primary N) is 1. The molecule has 0 aliphatic carbocycles. The Morgan fingerprint density at radius 2 is 2.23 bits per heavy atom. The number of thiazole rings is 1. The van der Waals surface area contributed by atoms with E-state index in [2.05, 4.69) is 15.2 Å². The SMILES string of the molecule is CSCc1nc(CNC(=O)CN2CCC(C(N)=O)CC2)cs1. The Labute approximate surface area is 138 Å². The summed E-state index contributed by atoms with van der Waals surface area (Å²) >= 11 is 3.37. The number of rotatable bonds is 7. The maximum atomic E-state index is 12.0. The molecule has 0 spiro atoms. The summed E-state index contributed by atoms with van der Waals surface area (Å²) in [5.74, 6) is 0.641. The van der Waals surface area contributed by atoms with Crippen molar-refractivity contribution in [2.45, 2.75) is 25.1 Å². The van der Waals surface area contributed by atoms with E-state index >= 15 is 0 Å². The zero-order chi connectivity index (χ0) is 15.9. The molecular weight excluding hydrogens is 320 g/mol. The zero-order valence-electron chi connectivity index (χ0n) is 12.7. The van der Waals surface area contributed by atoms with Crippen LogP contribution in [0.5, 0.6) is 0 Å². The molecule has 1 saturated heterocycles. The number of hydrogen-bond acceptors (Lipinski definition) is 6. The summed E-state index contributed by atoms with van der Waals surface area (Å²) < 4.78 is 0. The molecule has 1 aromatic rings. The van der Waals surface area contributed by atoms with Crippen LogP contribution in [0, 0.1) is 5.92 Å². The molecule has 0 aromatic carbocycles. The lowest BCUT2D eigenvalue weighted by Gasteiger charge is -2.29. The predicted molar refractivity (Wildman–Crippen MR) is 89.5 cm³/mol. The third-order valence-electron chi connectivity index (χ3n) is 3.69. The summed E-state index contributed by atoms with van der Waals surface area (Å²) in [6, 6.07) is 0. The van der Waals surface area contributed by atoms with Crippen molar-refractivity contribution in [1.82, 2.24) is 15.2 Å². The Morgan fingerprint density at radius 3 is 2.86 bits per heavy atom. The van der Waals surface area contributed by atoms with E-state index in [0.717, 1.165) is 42.4 Å². The van der Waals surface area contributed by atoms with Crippen LogP contribution >= 0.6 is 23.1 Å². The van der Waals surface area contributed by atoms with Crippen LogP contribution in [0.15, 0.2) is 5.38 Å². The number of nitrogens with one attached hydrogen (secondary N) is 1. The Hall–Kier alpha value is -1.12. The molecule has 0 unspecified atom stereocenters. The van der Waals surface area contributed by atoms with Crippen molar-refractivity contribution < 1.29 is 9.59 Å². The molecule has 0 atom stereocenters. The van der Waals surface area contributed by atoms with Gasteiger partial charge in [0.25, 0.3) is 0 Å². The molecule has 1 fully saturated rings. The van der Waals surface area contributed by atoms with Crippen LogP contribution in [-0.4, -0.2) is 47.6 Å². The first-order valence-corrected chi connectivity index (χ1v) is 9.56. The van der Waals surface area contributed by atoms with Crippen molar-refractivity contribution in [1.29, 1.82) is 0 Å². The van der Waals surface area contributed by atoms with E-state index in [4.69, 9.17) is 5.73 Å². The van der Waals surface area contributed by atoms with Gasteiger partial charge < -0.3 is 11.1 Å². The summed E-state index contributed by atoms with van der Waals surface area (Å²) in [5.41, 5.74) is 6.22. The highest BCUT2D eigenvalue weighted by Crippen LogP contribution is 2.16. The molecule has 1 aromatic heterocycles. The number of hydrogen-bond donors (Lipinski definition) is 2. The van der Waals surface area contributed by atoms with Crippen molar-refractivity contribution in [3.8, 4) is 0 Å². The van der Waals surface area contributed by atoms with E-state index in [9.17, 15) is 9.59 Å². The molecule has 22 heavy (non-hydrogen) atoms. The topological polar surface area (TPSA) is 88.3 Å². The van der Waals surface area contributed by atoms with Gasteiger partial charge in [0, 0.05) is 17.1 Å². The average Bonchev–Trinajstić information content (AvgIpc) is 2.94. The van der Waals surface area contributed by atoms with Crippen LogP contribution in [0.4, 0.5) is 0 Å². The van der Waals surface area contributed by atoms with Gasteiger partial charge in [0.2, 0.25) is 11.8 Å². The van der Waals surface area contributed by atoms with Crippen LogP contribution in [0.3, 0.4) is 0 Å². The number of piperidine rings is 1. The highest BCUT2D eigenvalue weighted by atomic mass is 32.2. The van der Waals surface area contributed by atoms with E-state index in [-0.39, 0.29) is 17.7 Å². The number of carbonyl (C=O) groups excluding carboxylic acids is 2. The van der Waals surface area contributed by atoms with Gasteiger partial charge >= 0.3 is 0 Å². The Bertz CT molecular complexity index is 513. The number of nitrogens with zero attached hydrogens (tertiary/aromatic N) is 2. The number of carbonyl (C=O) groups is 2. The van der Waals surface area contributed by atoms with E-state index in [1.807, 2.05) is 11.6 Å². The zero-order valence-corrected chi connectivity index (χ0v) is 14.3. The minimum absolute atomic E-state index is 0.00283. The molecule has 6 nitrogen and oxygen atoms in total. The van der Waals surface area contributed by atoms with Gasteiger partial charge in [0.15, 0.2) is 0 Å². The second kappa shape index (κ2) is 8.50. The van der Waals surface area contributed by atoms with Crippen molar-refractivity contribution in [3.63, 3.8) is 0 Å². The molecule has 1 aliphatic heterocycles. The van der Waals surface area contributed by atoms with Gasteiger partial charge in [0.1, 0.15) is 5.01 Å². The maximum Gasteiger partial charge on any atom is 0.234 e. The lowest BCUT2D eigenvalue weighted by Crippen LogP contribution is -2.43. The Balaban J connectivity index is 1.68. The van der Waals surface area contributed by atoms with Crippen LogP contribution in [0.2, 0.25) is 0 Å². The minimum Gasteiger partial charge on any atom is -0.369 e. The van der Waals surface area contributed by atoms with Gasteiger partial charge in [-0.1, -0.05) is 0 Å². The van der Waals surface area contributed by atoms with Crippen LogP contribution in [0.1, 0.15) is 23.5 Å². The number of aromatic nitrogens is 1. The molecule has 0 radical (unpaired) electrons. The fourth-order valence-electron chi connectivity index (χ4n) is 2.44. The lowest BCUT2D eigenvalue weighted by molar-refractivity contribution is -0.124. The van der Waals surface area contributed by atoms with Crippen molar-refractivity contribution in [2.75, 3.05) is 25.9 Å². The summed E-state index contributed by atoms with van der Waals surface area (Å²) in [6.45, 7) is 2.33. The van der Waals surface area contributed by atoms with Gasteiger partial charge in [-0.15, -0.1) is 11.3 Å². The predicted octanol–water partition coefficient (Wildman–Crippen LogP) is 0.820. The smallest absolute Gasteiger partial charge is 0.234 e. The third-order valence-corrected chi connectivity index (χ3v) is 5.33. The van der Waals surface area contributed by atoms with Gasteiger partial charge in [-0.2, -0.15) is 11.8 Å². The first kappa shape index (κ1) is 17.2. The van der Waals surface area contributed by atoms with E-state index in [1.165, 1.54) is 0 Å². The molecule has 2 rings (SSSR count). The van der Waals surface area contributed by atoms with Gasteiger partial charge in [-0.05, 0) is 32.2 Å². The summed E-state index contributed by atoms with van der Waals surface area (Å²) in [7, 11) is 0. The lowest BCUT2D eigenvalue weighted by atomic mass is 9.96. The molecule has 122 valence electrons. The fraction of sp³-hybridized carbons (Fsp3) is 0.643. The maximum absolute atomic E-state index is 12.0. The second-order valence-corrected chi connectivity index (χ2v) is 7.20. The summed E-state index contributed by atoms with van der Waals surface area (Å²) in [6.07, 6.45) is 3.53. The quantitative estimate of drug-likeness (QED) is 0.766. The molecule has 0 bridgehead atoms. The van der Waals surface area contributed by atoms with Gasteiger partial charge in [-0.3, -0.25) is 14.5 Å². The third kappa shape index (κ3) is 5.26. The number of thioether (sulfide) groups is 1. The van der Waals surface area contributed by atoms with E-state index in [1.54, 1.807) is 23.1 Å². The average molecular weight is 342 g/mol. The van der Waals surface area contributed by atoms with Crippen molar-refractivity contribution >= 4 is 34.9 Å². The largest absolute Gasteiger partial charge is 0.369 e. The first-order chi connectivity index (χ1) is 10.6. The molecule has 0 saturated carbocycles. The summed E-state index contributed by atoms with van der Waals surface area (Å²) in [4.78, 5) is 29.6. The molecule has 2 amide bonds. The van der Waals surface area contributed by atoms with Gasteiger partial charge in [0.05, 0.1) is 18.8 Å². The molecule has 2 heterocycles. The summed E-state index contributed by atoms with van der Waals surface area (Å²) in [5, 5.41) is 5.98. The fourth-order valence-corrected chi connectivity index (χ4v) is 3.96. The molecule has 3 N–H and O–H groups in total. The van der Waals surface area contributed by atoms with Crippen LogP contribution in [-0.2, 0) is 21.9 Å². The Kier molecular flexibility index (Phi) is 6.66. The van der Waals surface area contributed by atoms with E-state index in [0.29, 0.717) is 13.1 Å². The van der Waals surface area contributed by atoms with Crippen molar-refractivity contribution in [3.05, 3.63) is 16.1 Å². The standard InChI is InChI=1S/C14H22N4O2S2/c1-21-9-13-17-11(8-22-13)6-16-12(19)7-18-4-2-10(3-5-18)14(15)20/h8,10H,2-7,9H2,1H3,(H2,15,20)(H,16,19). The first-order valence-electron chi connectivity index (χ1n) is 7.29. The number of likely N-dealkylation sites (tertiary alicyclic amines) is 1. The molecule has 1 aliphatic rings. The van der Waals surface area contributed by atoms with Crippen molar-refractivity contribution in [2.24, 2.45) is 11.7 Å².